The number of alkyl halides is 3. The van der Waals surface area contributed by atoms with Gasteiger partial charge in [0.25, 0.3) is 0 Å². The molecule has 3 rings (SSSR count). The van der Waals surface area contributed by atoms with Crippen molar-refractivity contribution in [2.24, 2.45) is 4.99 Å². The molecule has 0 saturated carbocycles. The van der Waals surface area contributed by atoms with Crippen LogP contribution in [-0.4, -0.2) is 26.3 Å². The number of rotatable bonds is 5. The third-order valence-electron chi connectivity index (χ3n) is 4.32. The molecule has 0 fully saturated rings. The van der Waals surface area contributed by atoms with E-state index < -0.39 is 25.8 Å². The highest BCUT2D eigenvalue weighted by Crippen LogP contribution is 2.33. The fourth-order valence-electron chi connectivity index (χ4n) is 2.97. The summed E-state index contributed by atoms with van der Waals surface area (Å²) >= 11 is 0. The van der Waals surface area contributed by atoms with Crippen LogP contribution in [0.1, 0.15) is 36.9 Å². The smallest absolute Gasteiger partial charge is 0.416 e. The molecule has 2 aromatic carbocycles. The maximum absolute atomic E-state index is 12.7. The topological polar surface area (TPSA) is 30.8 Å². The van der Waals surface area contributed by atoms with E-state index in [0.717, 1.165) is 17.7 Å². The van der Waals surface area contributed by atoms with E-state index in [1.807, 2.05) is 0 Å². The maximum Gasteiger partial charge on any atom is 0.416 e. The van der Waals surface area contributed by atoms with Crippen LogP contribution in [0.3, 0.4) is 0 Å². The molecule has 138 valence electrons. The maximum atomic E-state index is 12.7. The van der Waals surface area contributed by atoms with Crippen molar-refractivity contribution in [3.63, 3.8) is 0 Å². The zero-order valence-corrected chi connectivity index (χ0v) is 13.7. The summed E-state index contributed by atoms with van der Waals surface area (Å²) < 4.78 is 92.1. The van der Waals surface area contributed by atoms with Crippen molar-refractivity contribution < 1.29 is 30.9 Å². The van der Waals surface area contributed by atoms with Gasteiger partial charge in [0.1, 0.15) is 0 Å². The molecule has 0 amide bonds. The lowest BCUT2D eigenvalue weighted by atomic mass is 9.93. The van der Waals surface area contributed by atoms with Crippen molar-refractivity contribution in [1.82, 2.24) is 0 Å². The van der Waals surface area contributed by atoms with E-state index in [-0.39, 0.29) is 11.5 Å². The van der Waals surface area contributed by atoms with Crippen molar-refractivity contribution in [3.05, 3.63) is 58.7 Å². The van der Waals surface area contributed by atoms with Gasteiger partial charge in [0, 0.05) is 17.8 Å². The van der Waals surface area contributed by atoms with Crippen LogP contribution in [0, 0.1) is 0 Å². The molecule has 0 spiro atoms. The SMILES string of the molecule is [2H]C([2H])([2H])Oc1cc2c(cc1OC([2H])([2H])[2H])C(CCc1ccc(C(F)(F)F)cc1)=NCC2. The molecule has 2 aromatic rings. The average molecular weight is 369 g/mol. The first-order valence-corrected chi connectivity index (χ1v) is 7.96. The Bertz CT molecular complexity index is 999. The van der Waals surface area contributed by atoms with Gasteiger partial charge < -0.3 is 9.47 Å². The normalized spacial score (nSPS) is 18.2. The minimum Gasteiger partial charge on any atom is -0.493 e. The summed E-state index contributed by atoms with van der Waals surface area (Å²) in [5, 5.41) is 0. The van der Waals surface area contributed by atoms with Crippen molar-refractivity contribution in [3.8, 4) is 11.5 Å². The Morgan fingerprint density at radius 2 is 1.73 bits per heavy atom. The Labute approximate surface area is 158 Å². The fourth-order valence-corrected chi connectivity index (χ4v) is 2.97. The highest BCUT2D eigenvalue weighted by molar-refractivity contribution is 6.03. The summed E-state index contributed by atoms with van der Waals surface area (Å²) in [6.07, 6.45) is -3.10. The second-order valence-electron chi connectivity index (χ2n) is 5.93. The van der Waals surface area contributed by atoms with Crippen LogP contribution >= 0.6 is 0 Å². The van der Waals surface area contributed by atoms with E-state index in [1.165, 1.54) is 24.3 Å². The monoisotopic (exact) mass is 369 g/mol. The summed E-state index contributed by atoms with van der Waals surface area (Å²) in [6.45, 7) is 0.433. The van der Waals surface area contributed by atoms with Crippen molar-refractivity contribution in [2.45, 2.75) is 25.4 Å². The summed E-state index contributed by atoms with van der Waals surface area (Å²) in [7, 11) is -5.62. The van der Waals surface area contributed by atoms with Gasteiger partial charge >= 0.3 is 6.18 Å². The lowest BCUT2D eigenvalue weighted by Crippen LogP contribution is -2.14. The number of fused-ring (bicyclic) bond motifs is 1. The van der Waals surface area contributed by atoms with Gasteiger partial charge in [0.15, 0.2) is 11.5 Å². The standard InChI is InChI=1S/C20H20F3NO2/c1-25-18-11-14-9-10-24-17(16(14)12-19(18)26-2)8-5-13-3-6-15(7-4-13)20(21,22)23/h3-4,6-7,11-12H,5,8-10H2,1-2H3/i1D3,2D3. The van der Waals surface area contributed by atoms with E-state index in [2.05, 4.69) is 4.99 Å². The minimum absolute atomic E-state index is 0.205. The van der Waals surface area contributed by atoms with E-state index >= 15 is 0 Å². The van der Waals surface area contributed by atoms with Crippen LogP contribution in [0.15, 0.2) is 41.4 Å². The van der Waals surface area contributed by atoms with E-state index in [1.54, 1.807) is 0 Å². The first-order valence-electron chi connectivity index (χ1n) is 11.0. The first kappa shape index (κ1) is 12.0. The molecular weight excluding hydrogens is 343 g/mol. The lowest BCUT2D eigenvalue weighted by molar-refractivity contribution is -0.137. The third kappa shape index (κ3) is 3.84. The van der Waals surface area contributed by atoms with Gasteiger partial charge in [0.05, 0.1) is 27.9 Å². The number of hydrogen-bond acceptors (Lipinski definition) is 3. The summed E-state index contributed by atoms with van der Waals surface area (Å²) in [6, 6.07) is 7.69. The van der Waals surface area contributed by atoms with E-state index in [4.69, 9.17) is 17.7 Å². The van der Waals surface area contributed by atoms with Gasteiger partial charge in [0.2, 0.25) is 0 Å². The Morgan fingerprint density at radius 1 is 1.04 bits per heavy atom. The quantitative estimate of drug-likeness (QED) is 0.765. The molecule has 1 aliphatic heterocycles. The molecule has 0 radical (unpaired) electrons. The molecule has 0 aromatic heterocycles. The molecule has 0 unspecified atom stereocenters. The predicted molar refractivity (Wildman–Crippen MR) is 94.4 cm³/mol. The summed E-state index contributed by atoms with van der Waals surface area (Å²) in [5.41, 5.74) is 1.91. The number of benzene rings is 2. The van der Waals surface area contributed by atoms with Crippen molar-refractivity contribution >= 4 is 5.71 Å². The van der Waals surface area contributed by atoms with Crippen LogP contribution in [0.4, 0.5) is 13.2 Å². The number of hydrogen-bond donors (Lipinski definition) is 0. The molecule has 6 heteroatoms. The minimum atomic E-state index is -4.40. The molecule has 0 bridgehead atoms. The molecule has 0 N–H and O–H groups in total. The van der Waals surface area contributed by atoms with Gasteiger partial charge in [-0.2, -0.15) is 13.2 Å². The Balaban J connectivity index is 1.85. The largest absolute Gasteiger partial charge is 0.493 e. The molecule has 0 aliphatic carbocycles. The highest BCUT2D eigenvalue weighted by Gasteiger charge is 2.29. The number of nitrogens with zero attached hydrogens (tertiary/aromatic N) is 1. The molecule has 0 atom stereocenters. The number of methoxy groups -OCH3 is 2. The van der Waals surface area contributed by atoms with Crippen molar-refractivity contribution in [2.75, 3.05) is 20.6 Å². The van der Waals surface area contributed by atoms with Crippen LogP contribution in [0.2, 0.25) is 0 Å². The molecule has 3 nitrogen and oxygen atoms in total. The van der Waals surface area contributed by atoms with E-state index in [0.29, 0.717) is 42.6 Å². The zero-order valence-electron chi connectivity index (χ0n) is 19.7. The van der Waals surface area contributed by atoms with Crippen LogP contribution in [0.5, 0.6) is 11.5 Å². The number of ether oxygens (including phenoxy) is 2. The zero-order chi connectivity index (χ0) is 23.7. The van der Waals surface area contributed by atoms with Gasteiger partial charge in [-0.05, 0) is 54.7 Å². The lowest BCUT2D eigenvalue weighted by Gasteiger charge is -2.20. The summed E-state index contributed by atoms with van der Waals surface area (Å²) in [4.78, 5) is 4.47. The second kappa shape index (κ2) is 7.40. The number of aliphatic imine (C=N–C) groups is 1. The average Bonchev–Trinajstić information content (AvgIpc) is 2.64. The molecule has 1 heterocycles. The fraction of sp³-hybridized carbons (Fsp3) is 0.350. The van der Waals surface area contributed by atoms with Crippen molar-refractivity contribution in [1.29, 1.82) is 0 Å². The third-order valence-corrected chi connectivity index (χ3v) is 4.32. The highest BCUT2D eigenvalue weighted by atomic mass is 19.4. The van der Waals surface area contributed by atoms with Crippen LogP contribution in [-0.2, 0) is 19.0 Å². The number of halogens is 3. The first-order chi connectivity index (χ1) is 14.7. The Hall–Kier alpha value is -2.50. The molecule has 0 saturated heterocycles. The van der Waals surface area contributed by atoms with Gasteiger partial charge in [-0.1, -0.05) is 12.1 Å². The van der Waals surface area contributed by atoms with Crippen LogP contribution < -0.4 is 9.47 Å². The molecule has 26 heavy (non-hydrogen) atoms. The Kier molecular flexibility index (Phi) is 3.41. The molecular formula is C20H20F3NO2. The van der Waals surface area contributed by atoms with Gasteiger partial charge in [-0.25, -0.2) is 0 Å². The van der Waals surface area contributed by atoms with E-state index in [9.17, 15) is 13.2 Å². The predicted octanol–water partition coefficient (Wildman–Crippen LogP) is 4.70. The number of aryl methyl sites for hydroxylation is 1. The molecule has 1 aliphatic rings. The van der Waals surface area contributed by atoms with Gasteiger partial charge in [-0.15, -0.1) is 0 Å². The van der Waals surface area contributed by atoms with Gasteiger partial charge in [-0.3, -0.25) is 4.99 Å². The van der Waals surface area contributed by atoms with Crippen LogP contribution in [0.25, 0.3) is 0 Å². The Morgan fingerprint density at radius 3 is 2.38 bits per heavy atom. The second-order valence-corrected chi connectivity index (χ2v) is 5.93. The summed E-state index contributed by atoms with van der Waals surface area (Å²) in [5.74, 6) is -0.451.